The summed E-state index contributed by atoms with van der Waals surface area (Å²) >= 11 is 4.15. The molecule has 40 heavy (non-hydrogen) atoms. The first-order valence-electron chi connectivity index (χ1n) is 12.7. The average molecular weight is 611 g/mol. The zero-order chi connectivity index (χ0) is 29.4. The summed E-state index contributed by atoms with van der Waals surface area (Å²) in [7, 11) is -2.01. The maximum absolute atomic E-state index is 12.9. The van der Waals surface area contributed by atoms with Gasteiger partial charge in [-0.15, -0.1) is 0 Å². The Morgan fingerprint density at radius 3 is 2.52 bits per heavy atom. The maximum atomic E-state index is 12.9. The van der Waals surface area contributed by atoms with Crippen molar-refractivity contribution in [1.29, 1.82) is 0 Å². The van der Waals surface area contributed by atoms with E-state index in [1.54, 1.807) is 13.2 Å². The standard InChI is InChI=1S/C25H34ClN7O5S2/c1-14(2)13-40(36,37)24-21(12-32(6)31-24)28-23-19(26)9-27-25(30-23)29-20-7-16(5)18(8-22(20)38-15(3)4)17-10-33(11-17)39(34)35/h7-9,12,14-15,17H,10-11,13H2,1-6H3,(H,34,35)(H2,27,28,29,30)/p-1. The Morgan fingerprint density at radius 2 is 1.90 bits per heavy atom. The monoisotopic (exact) mass is 610 g/mol. The number of aromatic nitrogens is 4. The average Bonchev–Trinajstić information content (AvgIpc) is 3.17. The highest BCUT2D eigenvalue weighted by Gasteiger charge is 2.31. The number of benzene rings is 1. The molecular formula is C25H33ClN7O5S2-. The second kappa shape index (κ2) is 12.0. The number of rotatable bonds is 11. The van der Waals surface area contributed by atoms with Crippen molar-refractivity contribution in [3.8, 4) is 5.75 Å². The van der Waals surface area contributed by atoms with Crippen LogP contribution in [0.5, 0.6) is 5.75 Å². The zero-order valence-electron chi connectivity index (χ0n) is 23.1. The van der Waals surface area contributed by atoms with Crippen LogP contribution in [0, 0.1) is 12.8 Å². The van der Waals surface area contributed by atoms with Gasteiger partial charge in [-0.3, -0.25) is 8.89 Å². The van der Waals surface area contributed by atoms with E-state index in [0.717, 1.165) is 11.1 Å². The molecule has 1 aliphatic rings. The van der Waals surface area contributed by atoms with Crippen LogP contribution in [0.15, 0.2) is 29.6 Å². The number of aryl methyl sites for hydroxylation is 2. The first-order chi connectivity index (χ1) is 18.7. The lowest BCUT2D eigenvalue weighted by Gasteiger charge is -2.40. The molecule has 2 aromatic heterocycles. The molecule has 218 valence electrons. The van der Waals surface area contributed by atoms with Crippen molar-refractivity contribution in [3.63, 3.8) is 0 Å². The van der Waals surface area contributed by atoms with Crippen LogP contribution < -0.4 is 15.4 Å². The minimum atomic E-state index is -3.65. The number of halogens is 1. The van der Waals surface area contributed by atoms with Crippen molar-refractivity contribution in [2.75, 3.05) is 29.5 Å². The minimum Gasteiger partial charge on any atom is -0.760 e. The van der Waals surface area contributed by atoms with Crippen molar-refractivity contribution < 1.29 is 21.9 Å². The van der Waals surface area contributed by atoms with Gasteiger partial charge in [0.1, 0.15) is 10.8 Å². The molecule has 0 aliphatic carbocycles. The summed E-state index contributed by atoms with van der Waals surface area (Å²) in [5.74, 6) is 0.927. The van der Waals surface area contributed by atoms with Crippen molar-refractivity contribution >= 4 is 55.8 Å². The number of ether oxygens (including phenoxy) is 1. The second-order valence-electron chi connectivity index (χ2n) is 10.5. The molecule has 0 radical (unpaired) electrons. The van der Waals surface area contributed by atoms with Crippen LogP contribution in [0.1, 0.15) is 44.7 Å². The van der Waals surface area contributed by atoms with Gasteiger partial charge in [-0.2, -0.15) is 10.1 Å². The number of hydrogen-bond donors (Lipinski definition) is 2. The summed E-state index contributed by atoms with van der Waals surface area (Å²) in [6.45, 7) is 10.3. The predicted molar refractivity (Wildman–Crippen MR) is 154 cm³/mol. The number of nitrogens with one attached hydrogen (secondary N) is 2. The Bertz CT molecular complexity index is 1520. The SMILES string of the molecule is Cc1cc(Nc2ncc(Cl)c(Nc3cn(C)nc3S(=O)(=O)CC(C)C)n2)c(OC(C)C)cc1C1CN(S(=O)[O-])C1. The summed E-state index contributed by atoms with van der Waals surface area (Å²) in [5.41, 5.74) is 2.84. The molecule has 1 saturated heterocycles. The van der Waals surface area contributed by atoms with Crippen molar-refractivity contribution in [1.82, 2.24) is 24.1 Å². The molecule has 0 amide bonds. The molecule has 1 atom stereocenters. The van der Waals surface area contributed by atoms with Gasteiger partial charge in [0.2, 0.25) is 11.0 Å². The van der Waals surface area contributed by atoms with Crippen LogP contribution in [0.4, 0.5) is 23.1 Å². The number of sulfone groups is 1. The molecular weight excluding hydrogens is 578 g/mol. The van der Waals surface area contributed by atoms with E-state index >= 15 is 0 Å². The zero-order valence-corrected chi connectivity index (χ0v) is 25.5. The van der Waals surface area contributed by atoms with Gasteiger partial charge >= 0.3 is 0 Å². The van der Waals surface area contributed by atoms with Gasteiger partial charge in [0, 0.05) is 43.5 Å². The normalized spacial score (nSPS) is 15.3. The Kier molecular flexibility index (Phi) is 9.05. The molecule has 3 aromatic rings. The minimum absolute atomic E-state index is 0.0510. The Labute approximate surface area is 241 Å². The summed E-state index contributed by atoms with van der Waals surface area (Å²) in [4.78, 5) is 8.78. The van der Waals surface area contributed by atoms with Crippen molar-refractivity contribution in [3.05, 3.63) is 40.7 Å². The van der Waals surface area contributed by atoms with E-state index in [1.807, 2.05) is 46.8 Å². The van der Waals surface area contributed by atoms with Gasteiger partial charge < -0.3 is 19.9 Å². The van der Waals surface area contributed by atoms with E-state index < -0.39 is 21.1 Å². The third kappa shape index (κ3) is 6.92. The highest BCUT2D eigenvalue weighted by atomic mass is 35.5. The first kappa shape index (κ1) is 30.2. The molecule has 1 unspecified atom stereocenters. The van der Waals surface area contributed by atoms with Gasteiger partial charge in [0.05, 0.1) is 29.4 Å². The van der Waals surface area contributed by atoms with E-state index in [9.17, 15) is 17.2 Å². The molecule has 3 heterocycles. The van der Waals surface area contributed by atoms with E-state index in [2.05, 4.69) is 25.7 Å². The Balaban J connectivity index is 1.62. The third-order valence-electron chi connectivity index (χ3n) is 6.12. The number of anilines is 4. The highest BCUT2D eigenvalue weighted by molar-refractivity contribution is 7.91. The van der Waals surface area contributed by atoms with Crippen molar-refractivity contribution in [2.45, 2.75) is 51.7 Å². The van der Waals surface area contributed by atoms with Gasteiger partial charge in [0.25, 0.3) is 0 Å². The first-order valence-corrected chi connectivity index (χ1v) is 15.8. The fourth-order valence-corrected chi connectivity index (χ4v) is 6.88. The topological polar surface area (TPSA) is 154 Å². The van der Waals surface area contributed by atoms with Crippen LogP contribution in [-0.4, -0.2) is 66.2 Å². The van der Waals surface area contributed by atoms with Gasteiger partial charge in [-0.05, 0) is 49.9 Å². The fraction of sp³-hybridized carbons (Fsp3) is 0.480. The van der Waals surface area contributed by atoms with Crippen LogP contribution in [0.25, 0.3) is 0 Å². The van der Waals surface area contributed by atoms with E-state index in [0.29, 0.717) is 24.5 Å². The third-order valence-corrected chi connectivity index (χ3v) is 9.11. The molecule has 0 bridgehead atoms. The highest BCUT2D eigenvalue weighted by Crippen LogP contribution is 2.38. The number of nitrogens with zero attached hydrogens (tertiary/aromatic N) is 5. The molecule has 0 saturated carbocycles. The number of hydrogen-bond acceptors (Lipinski definition) is 10. The smallest absolute Gasteiger partial charge is 0.229 e. The second-order valence-corrected chi connectivity index (χ2v) is 13.8. The van der Waals surface area contributed by atoms with Crippen LogP contribution in [0.3, 0.4) is 0 Å². The van der Waals surface area contributed by atoms with Crippen LogP contribution in [-0.2, 0) is 28.2 Å². The largest absolute Gasteiger partial charge is 0.760 e. The molecule has 12 nitrogen and oxygen atoms in total. The molecule has 1 fully saturated rings. The quantitative estimate of drug-likeness (QED) is 0.304. The molecule has 4 rings (SSSR count). The fourth-order valence-electron chi connectivity index (χ4n) is 4.41. The molecule has 1 aliphatic heterocycles. The van der Waals surface area contributed by atoms with Gasteiger partial charge in [-0.25, -0.2) is 17.7 Å². The molecule has 15 heteroatoms. The van der Waals surface area contributed by atoms with E-state index in [-0.39, 0.29) is 51.2 Å². The molecule has 0 spiro atoms. The van der Waals surface area contributed by atoms with E-state index in [4.69, 9.17) is 16.3 Å². The molecule has 1 aromatic carbocycles. The van der Waals surface area contributed by atoms with Gasteiger partial charge in [0.15, 0.2) is 15.7 Å². The van der Waals surface area contributed by atoms with Crippen molar-refractivity contribution in [2.24, 2.45) is 13.0 Å². The predicted octanol–water partition coefficient (Wildman–Crippen LogP) is 4.07. The summed E-state index contributed by atoms with van der Waals surface area (Å²) in [5, 5.41) is 10.5. The maximum Gasteiger partial charge on any atom is 0.229 e. The Morgan fingerprint density at radius 1 is 1.20 bits per heavy atom. The van der Waals surface area contributed by atoms with E-state index in [1.165, 1.54) is 15.2 Å². The van der Waals surface area contributed by atoms with Gasteiger partial charge in [-0.1, -0.05) is 25.4 Å². The Hall–Kier alpha value is -2.78. The summed E-state index contributed by atoms with van der Waals surface area (Å²) in [6, 6.07) is 3.83. The summed E-state index contributed by atoms with van der Waals surface area (Å²) in [6.07, 6.45) is 2.84. The molecule has 2 N–H and O–H groups in total. The lowest BCUT2D eigenvalue weighted by molar-refractivity contribution is 0.239. The van der Waals surface area contributed by atoms with Crippen LogP contribution >= 0.6 is 11.6 Å². The lowest BCUT2D eigenvalue weighted by Crippen LogP contribution is -2.45. The van der Waals surface area contributed by atoms with Crippen LogP contribution in [0.2, 0.25) is 5.02 Å². The lowest BCUT2D eigenvalue weighted by atomic mass is 9.89. The summed E-state index contributed by atoms with van der Waals surface area (Å²) < 4.78 is 57.2.